The molecule has 0 saturated carbocycles. The van der Waals surface area contributed by atoms with Crippen molar-refractivity contribution in [3.8, 4) is 11.1 Å². The molecule has 0 unspecified atom stereocenters. The molecule has 1 N–H and O–H groups in total. The molecule has 0 spiro atoms. The Morgan fingerprint density at radius 3 is 2.81 bits per heavy atom. The second kappa shape index (κ2) is 5.70. The first-order valence-electron chi connectivity index (χ1n) is 7.32. The summed E-state index contributed by atoms with van der Waals surface area (Å²) < 4.78 is 2.00. The average molecular weight is 280 g/mol. The van der Waals surface area contributed by atoms with E-state index in [-0.39, 0.29) is 6.61 Å². The van der Waals surface area contributed by atoms with Crippen LogP contribution in [0.15, 0.2) is 48.8 Å². The lowest BCUT2D eigenvalue weighted by atomic mass is 9.99. The maximum atomic E-state index is 9.26. The van der Waals surface area contributed by atoms with Crippen molar-refractivity contribution in [2.24, 2.45) is 5.92 Å². The molecule has 0 aliphatic heterocycles. The highest BCUT2D eigenvalue weighted by molar-refractivity contribution is 5.96. The highest BCUT2D eigenvalue weighted by Gasteiger charge is 2.07. The van der Waals surface area contributed by atoms with Crippen LogP contribution in [0.25, 0.3) is 21.9 Å². The third kappa shape index (κ3) is 2.83. The van der Waals surface area contributed by atoms with Crippen molar-refractivity contribution in [1.29, 1.82) is 0 Å². The Bertz CT molecular complexity index is 759. The molecule has 0 saturated heterocycles. The molecule has 1 heterocycles. The maximum Gasteiger partial charge on any atom is 0.0682 e. The first kappa shape index (κ1) is 13.8. The lowest BCUT2D eigenvalue weighted by molar-refractivity contribution is 0.282. The van der Waals surface area contributed by atoms with Crippen LogP contribution in [-0.2, 0) is 13.2 Å². The minimum atomic E-state index is 0.0759. The van der Waals surface area contributed by atoms with Crippen LogP contribution in [0.2, 0.25) is 0 Å². The van der Waals surface area contributed by atoms with Gasteiger partial charge in [0.2, 0.25) is 0 Å². The molecule has 21 heavy (non-hydrogen) atoms. The second-order valence-corrected chi connectivity index (χ2v) is 5.86. The molecule has 0 aliphatic rings. The summed E-state index contributed by atoms with van der Waals surface area (Å²) in [6.45, 7) is 5.39. The summed E-state index contributed by atoms with van der Waals surface area (Å²) in [5.74, 6) is 0.581. The Morgan fingerprint density at radius 1 is 1.19 bits per heavy atom. The number of aromatic nitrogens is 2. The topological polar surface area (TPSA) is 38.0 Å². The van der Waals surface area contributed by atoms with E-state index in [1.165, 1.54) is 10.9 Å². The molecule has 3 nitrogen and oxygen atoms in total. The minimum absolute atomic E-state index is 0.0759. The first-order chi connectivity index (χ1) is 10.2. The van der Waals surface area contributed by atoms with Gasteiger partial charge in [-0.15, -0.1) is 0 Å². The van der Waals surface area contributed by atoms with Crippen LogP contribution in [0.1, 0.15) is 19.4 Å². The zero-order valence-corrected chi connectivity index (χ0v) is 12.5. The fourth-order valence-electron chi connectivity index (χ4n) is 2.66. The molecule has 0 fully saturated rings. The highest BCUT2D eigenvalue weighted by atomic mass is 16.3. The summed E-state index contributed by atoms with van der Waals surface area (Å²) in [4.78, 5) is 0. The van der Waals surface area contributed by atoms with Crippen LogP contribution in [0.3, 0.4) is 0 Å². The Kier molecular flexibility index (Phi) is 3.76. The quantitative estimate of drug-likeness (QED) is 0.788. The van der Waals surface area contributed by atoms with E-state index >= 15 is 0 Å². The van der Waals surface area contributed by atoms with Gasteiger partial charge in [0.05, 0.1) is 12.8 Å². The van der Waals surface area contributed by atoms with Crippen molar-refractivity contribution in [3.05, 3.63) is 54.4 Å². The van der Waals surface area contributed by atoms with E-state index < -0.39 is 0 Å². The molecule has 0 aliphatic carbocycles. The highest BCUT2D eigenvalue weighted by Crippen LogP contribution is 2.29. The van der Waals surface area contributed by atoms with Gasteiger partial charge in [0.1, 0.15) is 0 Å². The van der Waals surface area contributed by atoms with Crippen LogP contribution in [-0.4, -0.2) is 14.9 Å². The summed E-state index contributed by atoms with van der Waals surface area (Å²) in [7, 11) is 0. The number of fused-ring (bicyclic) bond motifs is 1. The Hall–Kier alpha value is -2.13. The third-order valence-electron chi connectivity index (χ3n) is 3.62. The zero-order valence-electron chi connectivity index (χ0n) is 12.5. The predicted octanol–water partition coefficient (Wildman–Crippen LogP) is 3.85. The van der Waals surface area contributed by atoms with Crippen molar-refractivity contribution >= 4 is 10.8 Å². The first-order valence-corrected chi connectivity index (χ1v) is 7.32. The van der Waals surface area contributed by atoms with Gasteiger partial charge in [0, 0.05) is 18.3 Å². The Morgan fingerprint density at radius 2 is 2.05 bits per heavy atom. The summed E-state index contributed by atoms with van der Waals surface area (Å²) in [6, 6.07) is 12.4. The molecule has 3 rings (SSSR count). The average Bonchev–Trinajstić information content (AvgIpc) is 2.93. The number of hydrogen-bond donors (Lipinski definition) is 1. The van der Waals surface area contributed by atoms with E-state index in [1.807, 2.05) is 23.0 Å². The fourth-order valence-corrected chi connectivity index (χ4v) is 2.66. The van der Waals surface area contributed by atoms with Crippen LogP contribution >= 0.6 is 0 Å². The van der Waals surface area contributed by atoms with E-state index in [9.17, 15) is 5.11 Å². The number of nitrogens with zero attached hydrogens (tertiary/aromatic N) is 2. The number of hydrogen-bond acceptors (Lipinski definition) is 2. The SMILES string of the molecule is CC(C)Cn1cc(-c2cccc3cc(CO)ccc23)cn1. The third-order valence-corrected chi connectivity index (χ3v) is 3.62. The molecular weight excluding hydrogens is 260 g/mol. The molecule has 3 heteroatoms. The molecule has 0 radical (unpaired) electrons. The number of aliphatic hydroxyl groups is 1. The molecule has 0 atom stereocenters. The standard InChI is InChI=1S/C18H20N2O/c1-13(2)10-20-11-16(9-19-20)17-5-3-4-15-8-14(12-21)6-7-18(15)17/h3-9,11,13,21H,10,12H2,1-2H3. The molecule has 3 aromatic rings. The zero-order chi connectivity index (χ0) is 14.8. The molecule has 2 aromatic carbocycles. The van der Waals surface area contributed by atoms with Crippen LogP contribution in [0.5, 0.6) is 0 Å². The van der Waals surface area contributed by atoms with Gasteiger partial charge in [-0.3, -0.25) is 4.68 Å². The second-order valence-electron chi connectivity index (χ2n) is 5.86. The predicted molar refractivity (Wildman–Crippen MR) is 85.9 cm³/mol. The maximum absolute atomic E-state index is 9.26. The van der Waals surface area contributed by atoms with Crippen molar-refractivity contribution in [2.45, 2.75) is 27.0 Å². The number of aliphatic hydroxyl groups excluding tert-OH is 1. The summed E-state index contributed by atoms with van der Waals surface area (Å²) in [6.07, 6.45) is 4.03. The molecule has 0 bridgehead atoms. The molecule has 1 aromatic heterocycles. The van der Waals surface area contributed by atoms with Gasteiger partial charge < -0.3 is 5.11 Å². The molecular formula is C18H20N2O. The van der Waals surface area contributed by atoms with Crippen molar-refractivity contribution in [1.82, 2.24) is 9.78 Å². The Balaban J connectivity index is 2.05. The Labute approximate surface area is 124 Å². The van der Waals surface area contributed by atoms with E-state index in [2.05, 4.69) is 49.4 Å². The van der Waals surface area contributed by atoms with Gasteiger partial charge in [0.25, 0.3) is 0 Å². The van der Waals surface area contributed by atoms with E-state index in [0.717, 1.165) is 23.1 Å². The van der Waals surface area contributed by atoms with Crippen molar-refractivity contribution in [3.63, 3.8) is 0 Å². The van der Waals surface area contributed by atoms with E-state index in [1.54, 1.807) is 0 Å². The van der Waals surface area contributed by atoms with Gasteiger partial charge in [-0.25, -0.2) is 0 Å². The normalized spacial score (nSPS) is 11.4. The van der Waals surface area contributed by atoms with Crippen molar-refractivity contribution < 1.29 is 5.11 Å². The minimum Gasteiger partial charge on any atom is -0.392 e. The van der Waals surface area contributed by atoms with Gasteiger partial charge in [0.15, 0.2) is 0 Å². The smallest absolute Gasteiger partial charge is 0.0682 e. The molecule has 108 valence electrons. The van der Waals surface area contributed by atoms with Gasteiger partial charge in [-0.05, 0) is 33.9 Å². The monoisotopic (exact) mass is 280 g/mol. The van der Waals surface area contributed by atoms with Crippen molar-refractivity contribution in [2.75, 3.05) is 0 Å². The summed E-state index contributed by atoms with van der Waals surface area (Å²) in [5, 5.41) is 16.0. The van der Waals surface area contributed by atoms with E-state index in [0.29, 0.717) is 5.92 Å². The number of rotatable bonds is 4. The van der Waals surface area contributed by atoms with Gasteiger partial charge >= 0.3 is 0 Å². The summed E-state index contributed by atoms with van der Waals surface area (Å²) in [5.41, 5.74) is 3.26. The number of benzene rings is 2. The van der Waals surface area contributed by atoms with Crippen LogP contribution in [0.4, 0.5) is 0 Å². The lowest BCUT2D eigenvalue weighted by Crippen LogP contribution is -2.03. The van der Waals surface area contributed by atoms with Crippen LogP contribution < -0.4 is 0 Å². The lowest BCUT2D eigenvalue weighted by Gasteiger charge is -2.06. The largest absolute Gasteiger partial charge is 0.392 e. The molecule has 0 amide bonds. The van der Waals surface area contributed by atoms with Crippen LogP contribution in [0, 0.1) is 5.92 Å². The summed E-state index contributed by atoms with van der Waals surface area (Å²) >= 11 is 0. The van der Waals surface area contributed by atoms with Gasteiger partial charge in [-0.2, -0.15) is 5.10 Å². The van der Waals surface area contributed by atoms with Gasteiger partial charge in [-0.1, -0.05) is 44.2 Å². The van der Waals surface area contributed by atoms with E-state index in [4.69, 9.17) is 0 Å². The fraction of sp³-hybridized carbons (Fsp3) is 0.278.